The second kappa shape index (κ2) is 5.51. The van der Waals surface area contributed by atoms with Gasteiger partial charge in [-0.3, -0.25) is 4.79 Å². The molecule has 5 nitrogen and oxygen atoms in total. The lowest BCUT2D eigenvalue weighted by atomic mass is 10.1. The van der Waals surface area contributed by atoms with Crippen LogP contribution in [0.1, 0.15) is 28.7 Å². The fraction of sp³-hybridized carbons (Fsp3) is 0.636. The van der Waals surface area contributed by atoms with Crippen molar-refractivity contribution in [3.8, 4) is 0 Å². The first-order valence-electron chi connectivity index (χ1n) is 5.55. The second-order valence-electron chi connectivity index (χ2n) is 4.31. The summed E-state index contributed by atoms with van der Waals surface area (Å²) >= 11 is 0. The molecule has 0 spiro atoms. The summed E-state index contributed by atoms with van der Waals surface area (Å²) in [4.78, 5) is 14.1. The van der Waals surface area contributed by atoms with Crippen LogP contribution in [-0.4, -0.2) is 41.6 Å². The van der Waals surface area contributed by atoms with Gasteiger partial charge < -0.3 is 14.7 Å². The minimum atomic E-state index is 0. The van der Waals surface area contributed by atoms with E-state index >= 15 is 0 Å². The van der Waals surface area contributed by atoms with Gasteiger partial charge in [-0.15, -0.1) is 12.4 Å². The zero-order valence-corrected chi connectivity index (χ0v) is 11.1. The molecule has 0 aliphatic carbocycles. The van der Waals surface area contributed by atoms with E-state index in [1.54, 1.807) is 13.8 Å². The van der Waals surface area contributed by atoms with Gasteiger partial charge in [0.2, 0.25) is 0 Å². The molecule has 1 N–H and O–H groups in total. The van der Waals surface area contributed by atoms with Crippen molar-refractivity contribution < 1.29 is 9.32 Å². The molecule has 0 bridgehead atoms. The van der Waals surface area contributed by atoms with Crippen molar-refractivity contribution in [2.75, 3.05) is 19.6 Å². The van der Waals surface area contributed by atoms with Crippen LogP contribution in [0.15, 0.2) is 4.52 Å². The van der Waals surface area contributed by atoms with Crippen molar-refractivity contribution in [2.45, 2.75) is 26.8 Å². The molecule has 1 unspecified atom stereocenters. The summed E-state index contributed by atoms with van der Waals surface area (Å²) in [5.41, 5.74) is 1.29. The van der Waals surface area contributed by atoms with Gasteiger partial charge in [0.15, 0.2) is 0 Å². The average molecular weight is 260 g/mol. The van der Waals surface area contributed by atoms with Gasteiger partial charge in [-0.2, -0.15) is 0 Å². The van der Waals surface area contributed by atoms with Crippen LogP contribution in [0.2, 0.25) is 0 Å². The van der Waals surface area contributed by atoms with Crippen molar-refractivity contribution in [3.63, 3.8) is 0 Å². The number of halogens is 1. The maximum atomic E-state index is 12.2. The van der Waals surface area contributed by atoms with Gasteiger partial charge in [-0.1, -0.05) is 5.16 Å². The van der Waals surface area contributed by atoms with Crippen molar-refractivity contribution in [2.24, 2.45) is 0 Å². The Bertz CT molecular complexity index is 386. The van der Waals surface area contributed by atoms with Crippen molar-refractivity contribution in [1.29, 1.82) is 0 Å². The second-order valence-corrected chi connectivity index (χ2v) is 4.31. The van der Waals surface area contributed by atoms with E-state index in [-0.39, 0.29) is 18.3 Å². The van der Waals surface area contributed by atoms with E-state index in [9.17, 15) is 4.79 Å². The molecule has 1 amide bonds. The predicted octanol–water partition coefficient (Wildman–Crippen LogP) is 1.15. The lowest BCUT2D eigenvalue weighted by Gasteiger charge is -2.31. The Morgan fingerprint density at radius 1 is 1.53 bits per heavy atom. The SMILES string of the molecule is Cc1noc(C)c1C(=O)N1CCNC(C)C1.Cl. The average Bonchev–Trinajstić information content (AvgIpc) is 2.58. The van der Waals surface area contributed by atoms with E-state index in [1.165, 1.54) is 0 Å². The van der Waals surface area contributed by atoms with E-state index in [0.717, 1.165) is 19.6 Å². The van der Waals surface area contributed by atoms with Gasteiger partial charge in [-0.05, 0) is 20.8 Å². The molecule has 0 saturated carbocycles. The van der Waals surface area contributed by atoms with E-state index in [2.05, 4.69) is 17.4 Å². The summed E-state index contributed by atoms with van der Waals surface area (Å²) in [7, 11) is 0. The van der Waals surface area contributed by atoms with Gasteiger partial charge in [0, 0.05) is 25.7 Å². The van der Waals surface area contributed by atoms with Crippen LogP contribution >= 0.6 is 12.4 Å². The summed E-state index contributed by atoms with van der Waals surface area (Å²) in [5.74, 6) is 0.637. The molecule has 1 atom stereocenters. The lowest BCUT2D eigenvalue weighted by molar-refractivity contribution is 0.0706. The van der Waals surface area contributed by atoms with Gasteiger partial charge in [0.25, 0.3) is 5.91 Å². The molecule has 1 fully saturated rings. The first-order chi connectivity index (χ1) is 7.59. The van der Waals surface area contributed by atoms with Gasteiger partial charge >= 0.3 is 0 Å². The molecule has 0 radical (unpaired) electrons. The molecular weight excluding hydrogens is 242 g/mol. The summed E-state index contributed by atoms with van der Waals surface area (Å²) in [5, 5.41) is 7.12. The number of nitrogens with zero attached hydrogens (tertiary/aromatic N) is 2. The number of aromatic nitrogens is 1. The number of carbonyl (C=O) groups excluding carboxylic acids is 1. The number of hydrogen-bond donors (Lipinski definition) is 1. The van der Waals surface area contributed by atoms with Gasteiger partial charge in [0.05, 0.1) is 5.69 Å². The highest BCUT2D eigenvalue weighted by molar-refractivity contribution is 5.96. The van der Waals surface area contributed by atoms with Gasteiger partial charge in [-0.25, -0.2) is 0 Å². The highest BCUT2D eigenvalue weighted by Crippen LogP contribution is 2.15. The predicted molar refractivity (Wildman–Crippen MR) is 66.6 cm³/mol. The summed E-state index contributed by atoms with van der Waals surface area (Å²) < 4.78 is 5.02. The number of hydrogen-bond acceptors (Lipinski definition) is 4. The monoisotopic (exact) mass is 259 g/mol. The molecule has 6 heteroatoms. The largest absolute Gasteiger partial charge is 0.361 e. The fourth-order valence-corrected chi connectivity index (χ4v) is 2.06. The molecule has 1 aromatic heterocycles. The number of amides is 1. The third kappa shape index (κ3) is 2.79. The van der Waals surface area contributed by atoms with Crippen LogP contribution in [-0.2, 0) is 0 Å². The number of nitrogens with one attached hydrogen (secondary N) is 1. The lowest BCUT2D eigenvalue weighted by Crippen LogP contribution is -2.51. The Balaban J connectivity index is 0.00000144. The Hall–Kier alpha value is -1.07. The maximum Gasteiger partial charge on any atom is 0.259 e. The molecular formula is C11H18ClN3O2. The van der Waals surface area contributed by atoms with Crippen molar-refractivity contribution in [1.82, 2.24) is 15.4 Å². The standard InChI is InChI=1S/C11H17N3O2.ClH/c1-7-6-14(5-4-12-7)11(15)10-8(2)13-16-9(10)3;/h7,12H,4-6H2,1-3H3;1H. The molecule has 96 valence electrons. The first-order valence-corrected chi connectivity index (χ1v) is 5.55. The van der Waals surface area contributed by atoms with E-state index in [4.69, 9.17) is 4.52 Å². The van der Waals surface area contributed by atoms with E-state index in [0.29, 0.717) is 23.1 Å². The number of carbonyl (C=O) groups is 1. The Kier molecular flexibility index (Phi) is 4.54. The molecule has 1 aliphatic rings. The molecule has 0 aromatic carbocycles. The number of piperazine rings is 1. The summed E-state index contributed by atoms with van der Waals surface area (Å²) in [6.07, 6.45) is 0. The smallest absolute Gasteiger partial charge is 0.259 e. The fourth-order valence-electron chi connectivity index (χ4n) is 2.06. The molecule has 2 heterocycles. The van der Waals surface area contributed by atoms with Crippen LogP contribution in [0.4, 0.5) is 0 Å². The van der Waals surface area contributed by atoms with Gasteiger partial charge in [0.1, 0.15) is 11.3 Å². The van der Waals surface area contributed by atoms with Crippen LogP contribution in [0.5, 0.6) is 0 Å². The zero-order valence-electron chi connectivity index (χ0n) is 10.3. The summed E-state index contributed by atoms with van der Waals surface area (Å²) in [6, 6.07) is 0.346. The minimum absolute atomic E-state index is 0. The third-order valence-electron chi connectivity index (χ3n) is 2.90. The third-order valence-corrected chi connectivity index (χ3v) is 2.90. The minimum Gasteiger partial charge on any atom is -0.361 e. The zero-order chi connectivity index (χ0) is 11.7. The Morgan fingerprint density at radius 3 is 2.76 bits per heavy atom. The normalized spacial score (nSPS) is 19.9. The topological polar surface area (TPSA) is 58.4 Å². The molecule has 1 saturated heterocycles. The highest BCUT2D eigenvalue weighted by atomic mass is 35.5. The molecule has 17 heavy (non-hydrogen) atoms. The molecule has 2 rings (SSSR count). The quantitative estimate of drug-likeness (QED) is 0.822. The molecule has 1 aromatic rings. The maximum absolute atomic E-state index is 12.2. The highest BCUT2D eigenvalue weighted by Gasteiger charge is 2.26. The van der Waals surface area contributed by atoms with Crippen LogP contribution in [0.3, 0.4) is 0 Å². The first kappa shape index (κ1) is 14.0. The Labute approximate surface area is 107 Å². The van der Waals surface area contributed by atoms with Crippen LogP contribution < -0.4 is 5.32 Å². The van der Waals surface area contributed by atoms with E-state index < -0.39 is 0 Å². The van der Waals surface area contributed by atoms with Crippen LogP contribution in [0.25, 0.3) is 0 Å². The molecule has 1 aliphatic heterocycles. The Morgan fingerprint density at radius 2 is 2.24 bits per heavy atom. The summed E-state index contributed by atoms with van der Waals surface area (Å²) in [6.45, 7) is 7.98. The van der Waals surface area contributed by atoms with Crippen molar-refractivity contribution in [3.05, 3.63) is 17.0 Å². The number of rotatable bonds is 1. The number of aryl methyl sites for hydroxylation is 2. The van der Waals surface area contributed by atoms with E-state index in [1.807, 2.05) is 4.90 Å². The van der Waals surface area contributed by atoms with Crippen LogP contribution in [0, 0.1) is 13.8 Å². The van der Waals surface area contributed by atoms with Crippen molar-refractivity contribution >= 4 is 18.3 Å².